The number of hydrogen-bond acceptors (Lipinski definition) is 4. The molecule has 30 heavy (non-hydrogen) atoms. The number of pyridine rings is 1. The molecule has 3 aromatic carbocycles. The van der Waals surface area contributed by atoms with Gasteiger partial charge >= 0.3 is 0 Å². The molecule has 152 valence electrons. The maximum atomic E-state index is 13.7. The van der Waals surface area contributed by atoms with Crippen LogP contribution in [0.1, 0.15) is 0 Å². The first kappa shape index (κ1) is 19.9. The van der Waals surface area contributed by atoms with Crippen LogP contribution < -0.4 is 4.74 Å². The lowest BCUT2D eigenvalue weighted by molar-refractivity contribution is 0.415. The molecule has 4 rings (SSSR count). The standard InChI is InChI=1S/C22H14F3NO3S/c1-29-17-5-2-13(3-6-17)22-19-7-4-14(23)11-20(19)26-12-21(22)30(27,28)18-9-15(24)8-16(25)10-18/h2-12H,1H3. The summed E-state index contributed by atoms with van der Waals surface area (Å²) in [7, 11) is -2.85. The fourth-order valence-corrected chi connectivity index (χ4v) is 4.70. The first-order chi connectivity index (χ1) is 14.3. The number of benzene rings is 3. The molecule has 4 aromatic rings. The zero-order chi connectivity index (χ0) is 21.5. The molecule has 1 heterocycles. The third-order valence-electron chi connectivity index (χ3n) is 4.61. The van der Waals surface area contributed by atoms with E-state index in [2.05, 4.69) is 4.98 Å². The van der Waals surface area contributed by atoms with Gasteiger partial charge in [0.15, 0.2) is 0 Å². The van der Waals surface area contributed by atoms with Gasteiger partial charge in [-0.25, -0.2) is 21.6 Å². The van der Waals surface area contributed by atoms with Gasteiger partial charge < -0.3 is 4.74 Å². The van der Waals surface area contributed by atoms with Crippen LogP contribution in [0.2, 0.25) is 0 Å². The van der Waals surface area contributed by atoms with Gasteiger partial charge in [-0.2, -0.15) is 0 Å². The number of fused-ring (bicyclic) bond motifs is 1. The summed E-state index contributed by atoms with van der Waals surface area (Å²) in [5.41, 5.74) is 0.975. The molecule has 0 aliphatic rings. The summed E-state index contributed by atoms with van der Waals surface area (Å²) >= 11 is 0. The van der Waals surface area contributed by atoms with E-state index in [1.165, 1.54) is 25.3 Å². The first-order valence-corrected chi connectivity index (χ1v) is 10.2. The normalized spacial score (nSPS) is 11.6. The minimum absolute atomic E-state index is 0.241. The average molecular weight is 429 g/mol. The van der Waals surface area contributed by atoms with Crippen molar-refractivity contribution in [1.82, 2.24) is 4.98 Å². The van der Waals surface area contributed by atoms with Crippen LogP contribution in [0.25, 0.3) is 22.0 Å². The monoisotopic (exact) mass is 429 g/mol. The van der Waals surface area contributed by atoms with Gasteiger partial charge in [-0.05, 0) is 42.0 Å². The van der Waals surface area contributed by atoms with Gasteiger partial charge in [0.25, 0.3) is 0 Å². The third-order valence-corrected chi connectivity index (χ3v) is 6.36. The number of aromatic nitrogens is 1. The van der Waals surface area contributed by atoms with Gasteiger partial charge in [0.2, 0.25) is 9.84 Å². The van der Waals surface area contributed by atoms with E-state index in [9.17, 15) is 21.6 Å². The van der Waals surface area contributed by atoms with Crippen molar-refractivity contribution in [3.8, 4) is 16.9 Å². The largest absolute Gasteiger partial charge is 0.497 e. The Balaban J connectivity index is 2.05. The summed E-state index contributed by atoms with van der Waals surface area (Å²) in [6.07, 6.45) is 1.07. The van der Waals surface area contributed by atoms with Crippen molar-refractivity contribution in [2.24, 2.45) is 0 Å². The molecule has 0 saturated heterocycles. The van der Waals surface area contributed by atoms with Gasteiger partial charge in [0.1, 0.15) is 23.2 Å². The Labute approximate surface area is 170 Å². The molecule has 8 heteroatoms. The van der Waals surface area contributed by atoms with Crippen LogP contribution in [0.5, 0.6) is 5.75 Å². The van der Waals surface area contributed by atoms with E-state index in [0.717, 1.165) is 18.3 Å². The van der Waals surface area contributed by atoms with E-state index in [-0.39, 0.29) is 16.0 Å². The molecule has 0 unspecified atom stereocenters. The first-order valence-electron chi connectivity index (χ1n) is 8.73. The summed E-state index contributed by atoms with van der Waals surface area (Å²) in [4.78, 5) is 3.27. The highest BCUT2D eigenvalue weighted by atomic mass is 32.2. The number of nitrogens with zero attached hydrogens (tertiary/aromatic N) is 1. The van der Waals surface area contributed by atoms with E-state index in [4.69, 9.17) is 4.74 Å². The Kier molecular flexibility index (Phi) is 4.95. The quantitative estimate of drug-likeness (QED) is 0.450. The van der Waals surface area contributed by atoms with Gasteiger partial charge in [0.05, 0.1) is 22.4 Å². The lowest BCUT2D eigenvalue weighted by atomic mass is 10.0. The predicted molar refractivity (Wildman–Crippen MR) is 105 cm³/mol. The van der Waals surface area contributed by atoms with Gasteiger partial charge in [-0.3, -0.25) is 4.98 Å². The predicted octanol–water partition coefficient (Wildman–Crippen LogP) is 5.16. The average Bonchev–Trinajstić information content (AvgIpc) is 2.72. The van der Waals surface area contributed by atoms with Crippen LogP contribution in [0.15, 0.2) is 76.7 Å². The second kappa shape index (κ2) is 7.46. The van der Waals surface area contributed by atoms with Crippen LogP contribution in [0.4, 0.5) is 13.2 Å². The Morgan fingerprint density at radius 2 is 1.50 bits per heavy atom. The minimum Gasteiger partial charge on any atom is -0.497 e. The lowest BCUT2D eigenvalue weighted by Gasteiger charge is -2.14. The van der Waals surface area contributed by atoms with Crippen molar-refractivity contribution >= 4 is 20.7 Å². The number of ether oxygens (including phenoxy) is 1. The van der Waals surface area contributed by atoms with Crippen molar-refractivity contribution < 1.29 is 26.3 Å². The summed E-state index contributed by atoms with van der Waals surface area (Å²) < 4.78 is 72.8. The van der Waals surface area contributed by atoms with Crippen LogP contribution in [-0.4, -0.2) is 20.5 Å². The summed E-state index contributed by atoms with van der Waals surface area (Å²) in [5.74, 6) is -2.01. The Morgan fingerprint density at radius 3 is 2.13 bits per heavy atom. The molecular weight excluding hydrogens is 415 g/mol. The smallest absolute Gasteiger partial charge is 0.208 e. The van der Waals surface area contributed by atoms with E-state index >= 15 is 0 Å². The Bertz CT molecular complexity index is 1350. The van der Waals surface area contributed by atoms with Gasteiger partial charge in [-0.1, -0.05) is 12.1 Å². The van der Waals surface area contributed by atoms with Crippen LogP contribution in [-0.2, 0) is 9.84 Å². The Hall–Kier alpha value is -3.39. The summed E-state index contributed by atoms with van der Waals surface area (Å²) in [5, 5.41) is 0.375. The lowest BCUT2D eigenvalue weighted by Crippen LogP contribution is -2.07. The summed E-state index contributed by atoms with van der Waals surface area (Å²) in [6.45, 7) is 0. The molecule has 0 amide bonds. The van der Waals surface area contributed by atoms with Crippen molar-refractivity contribution in [3.05, 3.63) is 84.3 Å². The van der Waals surface area contributed by atoms with Crippen LogP contribution in [0.3, 0.4) is 0 Å². The molecule has 0 atom stereocenters. The van der Waals surface area contributed by atoms with E-state index in [1.807, 2.05) is 0 Å². The minimum atomic E-state index is -4.35. The van der Waals surface area contributed by atoms with Gasteiger partial charge in [0, 0.05) is 29.3 Å². The molecule has 0 saturated carbocycles. The molecule has 1 aromatic heterocycles. The van der Waals surface area contributed by atoms with Crippen molar-refractivity contribution in [1.29, 1.82) is 0 Å². The molecule has 0 fully saturated rings. The second-order valence-corrected chi connectivity index (χ2v) is 8.41. The molecule has 0 N–H and O–H groups in total. The maximum absolute atomic E-state index is 13.7. The van der Waals surface area contributed by atoms with Crippen molar-refractivity contribution in [2.75, 3.05) is 7.11 Å². The zero-order valence-corrected chi connectivity index (χ0v) is 16.4. The highest BCUT2D eigenvalue weighted by molar-refractivity contribution is 7.91. The highest BCUT2D eigenvalue weighted by Gasteiger charge is 2.26. The van der Waals surface area contributed by atoms with Gasteiger partial charge in [-0.15, -0.1) is 0 Å². The van der Waals surface area contributed by atoms with E-state index in [1.54, 1.807) is 24.3 Å². The van der Waals surface area contributed by atoms with E-state index < -0.39 is 32.2 Å². The SMILES string of the molecule is COc1ccc(-c2c(S(=O)(=O)c3cc(F)cc(F)c3)cnc3cc(F)ccc23)cc1. The number of hydrogen-bond donors (Lipinski definition) is 0. The molecule has 0 spiro atoms. The maximum Gasteiger partial charge on any atom is 0.208 e. The Morgan fingerprint density at radius 1 is 0.833 bits per heavy atom. The molecule has 0 aliphatic carbocycles. The third kappa shape index (κ3) is 3.50. The molecular formula is C22H14F3NO3S. The van der Waals surface area contributed by atoms with Crippen molar-refractivity contribution in [3.63, 3.8) is 0 Å². The number of halogens is 3. The second-order valence-electron chi connectivity index (χ2n) is 6.50. The van der Waals surface area contributed by atoms with E-state index in [0.29, 0.717) is 22.8 Å². The summed E-state index contributed by atoms with van der Waals surface area (Å²) in [6, 6.07) is 12.4. The topological polar surface area (TPSA) is 56.3 Å². The fourth-order valence-electron chi connectivity index (χ4n) is 3.22. The van der Waals surface area contributed by atoms with Crippen LogP contribution >= 0.6 is 0 Å². The molecule has 0 bridgehead atoms. The fraction of sp³-hybridized carbons (Fsp3) is 0.0455. The molecule has 4 nitrogen and oxygen atoms in total. The molecule has 0 radical (unpaired) electrons. The number of sulfone groups is 1. The zero-order valence-electron chi connectivity index (χ0n) is 15.6. The van der Waals surface area contributed by atoms with Crippen LogP contribution in [0, 0.1) is 17.5 Å². The number of methoxy groups -OCH3 is 1. The molecule has 0 aliphatic heterocycles. The highest BCUT2D eigenvalue weighted by Crippen LogP contribution is 2.37. The number of rotatable bonds is 4. The van der Waals surface area contributed by atoms with Crippen molar-refractivity contribution in [2.45, 2.75) is 9.79 Å².